The Bertz CT molecular complexity index is 529. The van der Waals surface area contributed by atoms with Crippen LogP contribution < -0.4 is 5.73 Å². The van der Waals surface area contributed by atoms with Gasteiger partial charge in [0.25, 0.3) is 0 Å². The number of nitrogens with two attached hydrogens (primary N) is 1. The number of imidazole rings is 1. The van der Waals surface area contributed by atoms with Gasteiger partial charge in [0.1, 0.15) is 11.6 Å². The highest BCUT2D eigenvalue weighted by molar-refractivity contribution is 5.39. The van der Waals surface area contributed by atoms with Crippen LogP contribution in [0.5, 0.6) is 0 Å². The van der Waals surface area contributed by atoms with Crippen molar-refractivity contribution in [1.29, 1.82) is 0 Å². The first kappa shape index (κ1) is 14.6. The maximum absolute atomic E-state index is 6.29. The van der Waals surface area contributed by atoms with Gasteiger partial charge in [0.15, 0.2) is 0 Å². The number of hydrogen-bond donors (Lipinski definition) is 1. The molecule has 3 nitrogen and oxygen atoms in total. The minimum atomic E-state index is 0.867. The molecule has 0 atom stereocenters. The number of hydrogen-bond acceptors (Lipinski definition) is 2. The number of aryl methyl sites for hydroxylation is 3. The van der Waals surface area contributed by atoms with E-state index in [-0.39, 0.29) is 0 Å². The van der Waals surface area contributed by atoms with Crippen molar-refractivity contribution in [3.8, 4) is 0 Å². The van der Waals surface area contributed by atoms with E-state index < -0.39 is 0 Å². The summed E-state index contributed by atoms with van der Waals surface area (Å²) in [4.78, 5) is 4.77. The molecule has 2 N–H and O–H groups in total. The molecule has 108 valence electrons. The minimum Gasteiger partial charge on any atom is -0.384 e. The molecule has 0 aliphatic rings. The zero-order valence-corrected chi connectivity index (χ0v) is 12.6. The Hall–Kier alpha value is -1.77. The topological polar surface area (TPSA) is 43.8 Å². The van der Waals surface area contributed by atoms with Gasteiger partial charge in [-0.2, -0.15) is 0 Å². The maximum atomic E-state index is 6.29. The van der Waals surface area contributed by atoms with Crippen LogP contribution in [0, 0.1) is 0 Å². The Morgan fingerprint density at radius 1 is 1.00 bits per heavy atom. The van der Waals surface area contributed by atoms with Gasteiger partial charge in [0.05, 0.1) is 5.69 Å². The predicted octanol–water partition coefficient (Wildman–Crippen LogP) is 3.61. The molecule has 20 heavy (non-hydrogen) atoms. The van der Waals surface area contributed by atoms with E-state index in [1.54, 1.807) is 0 Å². The lowest BCUT2D eigenvalue weighted by molar-refractivity contribution is 0.637. The molecule has 1 aromatic carbocycles. The van der Waals surface area contributed by atoms with Crippen molar-refractivity contribution < 1.29 is 0 Å². The minimum absolute atomic E-state index is 0.867. The largest absolute Gasteiger partial charge is 0.384 e. The maximum Gasteiger partial charge on any atom is 0.126 e. The van der Waals surface area contributed by atoms with Crippen molar-refractivity contribution in [2.45, 2.75) is 52.5 Å². The highest BCUT2D eigenvalue weighted by Crippen LogP contribution is 2.18. The summed E-state index contributed by atoms with van der Waals surface area (Å²) in [5.41, 5.74) is 8.69. The van der Waals surface area contributed by atoms with Crippen molar-refractivity contribution in [3.05, 3.63) is 47.4 Å². The first-order valence-corrected chi connectivity index (χ1v) is 7.63. The van der Waals surface area contributed by atoms with Crippen LogP contribution in [0.15, 0.2) is 30.3 Å². The lowest BCUT2D eigenvalue weighted by atomic mass is 10.1. The normalized spacial score (nSPS) is 10.9. The third kappa shape index (κ3) is 3.41. The highest BCUT2D eigenvalue weighted by atomic mass is 15.1. The number of nitrogens with zero attached hydrogens (tertiary/aromatic N) is 2. The number of anilines is 1. The molecular formula is C17H25N3. The van der Waals surface area contributed by atoms with E-state index in [1.165, 1.54) is 5.56 Å². The molecule has 1 heterocycles. The average molecular weight is 271 g/mol. The predicted molar refractivity (Wildman–Crippen MR) is 84.8 cm³/mol. The van der Waals surface area contributed by atoms with E-state index in [9.17, 15) is 0 Å². The molecule has 0 fully saturated rings. The zero-order valence-electron chi connectivity index (χ0n) is 12.6. The van der Waals surface area contributed by atoms with Crippen LogP contribution in [0.2, 0.25) is 0 Å². The van der Waals surface area contributed by atoms with Gasteiger partial charge in [-0.15, -0.1) is 0 Å². The van der Waals surface area contributed by atoms with Crippen LogP contribution in [0.4, 0.5) is 5.82 Å². The van der Waals surface area contributed by atoms with Crippen LogP contribution in [0.25, 0.3) is 0 Å². The van der Waals surface area contributed by atoms with E-state index in [2.05, 4.69) is 42.7 Å². The van der Waals surface area contributed by atoms with Crippen molar-refractivity contribution in [3.63, 3.8) is 0 Å². The first-order chi connectivity index (χ1) is 9.76. The number of benzene rings is 1. The Balaban J connectivity index is 2.13. The Labute approximate surface area is 121 Å². The second-order valence-electron chi connectivity index (χ2n) is 5.25. The van der Waals surface area contributed by atoms with Gasteiger partial charge < -0.3 is 10.3 Å². The average Bonchev–Trinajstić information content (AvgIpc) is 2.76. The van der Waals surface area contributed by atoms with Crippen molar-refractivity contribution in [2.75, 3.05) is 5.73 Å². The van der Waals surface area contributed by atoms with Crippen molar-refractivity contribution in [2.24, 2.45) is 0 Å². The molecule has 0 saturated heterocycles. The molecule has 0 bridgehead atoms. The summed E-state index contributed by atoms with van der Waals surface area (Å²) in [5, 5.41) is 0. The molecule has 2 aromatic rings. The molecule has 0 aliphatic carbocycles. The molecule has 0 amide bonds. The summed E-state index contributed by atoms with van der Waals surface area (Å²) >= 11 is 0. The fraction of sp³-hybridized carbons (Fsp3) is 0.471. The molecule has 3 heteroatoms. The van der Waals surface area contributed by atoms with Crippen LogP contribution in [0.3, 0.4) is 0 Å². The molecule has 1 aromatic heterocycles. The molecule has 0 unspecified atom stereocenters. The van der Waals surface area contributed by atoms with Gasteiger partial charge in [0.2, 0.25) is 0 Å². The third-order valence-electron chi connectivity index (χ3n) is 3.58. The Morgan fingerprint density at radius 2 is 1.75 bits per heavy atom. The lowest BCUT2D eigenvalue weighted by Crippen LogP contribution is -2.07. The number of nitrogen functional groups attached to an aromatic ring is 1. The number of rotatable bonds is 7. The SMILES string of the molecule is CCCc1nc(CCc2ccccc2)c(N)n1CCC. The Morgan fingerprint density at radius 3 is 2.40 bits per heavy atom. The molecule has 2 rings (SSSR count). The first-order valence-electron chi connectivity index (χ1n) is 7.63. The summed E-state index contributed by atoms with van der Waals surface area (Å²) < 4.78 is 2.20. The van der Waals surface area contributed by atoms with Gasteiger partial charge in [-0.05, 0) is 31.2 Å². The van der Waals surface area contributed by atoms with Crippen LogP contribution in [-0.2, 0) is 25.8 Å². The summed E-state index contributed by atoms with van der Waals surface area (Å²) in [7, 11) is 0. The van der Waals surface area contributed by atoms with Gasteiger partial charge in [-0.1, -0.05) is 44.2 Å². The highest BCUT2D eigenvalue weighted by Gasteiger charge is 2.13. The van der Waals surface area contributed by atoms with Gasteiger partial charge in [-0.25, -0.2) is 4.98 Å². The summed E-state index contributed by atoms with van der Waals surface area (Å²) in [6.45, 7) is 5.34. The van der Waals surface area contributed by atoms with Gasteiger partial charge in [0, 0.05) is 13.0 Å². The van der Waals surface area contributed by atoms with Crippen LogP contribution in [0.1, 0.15) is 43.8 Å². The fourth-order valence-electron chi connectivity index (χ4n) is 2.55. The monoisotopic (exact) mass is 271 g/mol. The standard InChI is InChI=1S/C17H25N3/c1-3-8-16-19-15(17(18)20(16)13-4-2)12-11-14-9-6-5-7-10-14/h5-7,9-10H,3-4,8,11-13,18H2,1-2H3. The van der Waals surface area contributed by atoms with Crippen LogP contribution >= 0.6 is 0 Å². The number of aromatic nitrogens is 2. The zero-order chi connectivity index (χ0) is 14.4. The van der Waals surface area contributed by atoms with E-state index in [4.69, 9.17) is 10.7 Å². The summed E-state index contributed by atoms with van der Waals surface area (Å²) in [5.74, 6) is 2.01. The van der Waals surface area contributed by atoms with E-state index >= 15 is 0 Å². The molecule has 0 saturated carbocycles. The summed E-state index contributed by atoms with van der Waals surface area (Å²) in [6.07, 6.45) is 5.13. The van der Waals surface area contributed by atoms with E-state index in [0.717, 1.165) is 56.0 Å². The van der Waals surface area contributed by atoms with Crippen molar-refractivity contribution >= 4 is 5.82 Å². The molecule has 0 radical (unpaired) electrons. The second-order valence-corrected chi connectivity index (χ2v) is 5.25. The second kappa shape index (κ2) is 7.13. The third-order valence-corrected chi connectivity index (χ3v) is 3.58. The fourth-order valence-corrected chi connectivity index (χ4v) is 2.55. The molecular weight excluding hydrogens is 246 g/mol. The Kier molecular flexibility index (Phi) is 5.22. The molecule has 0 spiro atoms. The van der Waals surface area contributed by atoms with E-state index in [1.807, 2.05) is 6.07 Å². The quantitative estimate of drug-likeness (QED) is 0.836. The molecule has 0 aliphatic heterocycles. The van der Waals surface area contributed by atoms with E-state index in [0.29, 0.717) is 0 Å². The van der Waals surface area contributed by atoms with Crippen molar-refractivity contribution in [1.82, 2.24) is 9.55 Å². The lowest BCUT2D eigenvalue weighted by Gasteiger charge is -2.07. The summed E-state index contributed by atoms with van der Waals surface area (Å²) in [6, 6.07) is 10.5. The van der Waals surface area contributed by atoms with Gasteiger partial charge >= 0.3 is 0 Å². The smallest absolute Gasteiger partial charge is 0.126 e. The van der Waals surface area contributed by atoms with Gasteiger partial charge in [-0.3, -0.25) is 0 Å². The van der Waals surface area contributed by atoms with Crippen LogP contribution in [-0.4, -0.2) is 9.55 Å².